The first kappa shape index (κ1) is 18.8. The number of morpholine rings is 1. The van der Waals surface area contributed by atoms with Crippen LogP contribution < -0.4 is 5.32 Å². The summed E-state index contributed by atoms with van der Waals surface area (Å²) >= 11 is 0. The second-order valence-electron chi connectivity index (χ2n) is 6.60. The van der Waals surface area contributed by atoms with Gasteiger partial charge >= 0.3 is 0 Å². The Balaban J connectivity index is 1.65. The molecule has 7 nitrogen and oxygen atoms in total. The Bertz CT molecular complexity index is 853. The molecule has 1 saturated heterocycles. The molecule has 0 amide bonds. The summed E-state index contributed by atoms with van der Waals surface area (Å²) in [4.78, 5) is 13.1. The second kappa shape index (κ2) is 8.62. The van der Waals surface area contributed by atoms with Crippen LogP contribution in [0.15, 0.2) is 36.4 Å². The number of hydrogen-bond donors (Lipinski definition) is 1. The van der Waals surface area contributed by atoms with E-state index in [4.69, 9.17) is 10.00 Å². The Kier molecular flexibility index (Phi) is 6.01. The molecule has 0 atom stereocenters. The minimum atomic E-state index is -0.457. The Morgan fingerprint density at radius 1 is 1.22 bits per heavy atom. The van der Waals surface area contributed by atoms with Crippen molar-refractivity contribution >= 4 is 11.4 Å². The van der Waals surface area contributed by atoms with Gasteiger partial charge in [-0.2, -0.15) is 5.26 Å². The summed E-state index contributed by atoms with van der Waals surface area (Å²) in [7, 11) is 0. The van der Waals surface area contributed by atoms with Crippen molar-refractivity contribution in [1.29, 1.82) is 5.26 Å². The standard InChI is InChI=1S/C20H22N4O3/c1-15-19(10-18(12-21)11-20(15)24(25)26)22-13-16-2-4-17(5-3-16)14-23-6-8-27-9-7-23/h2-5,10-11,22H,6-9,13-14H2,1H3. The van der Waals surface area contributed by atoms with Gasteiger partial charge in [0, 0.05) is 43.5 Å². The molecule has 7 heteroatoms. The molecule has 0 aliphatic carbocycles. The van der Waals surface area contributed by atoms with Crippen LogP contribution in [0.3, 0.4) is 0 Å². The quantitative estimate of drug-likeness (QED) is 0.623. The molecule has 1 aliphatic rings. The summed E-state index contributed by atoms with van der Waals surface area (Å²) in [5.41, 5.74) is 3.69. The molecular formula is C20H22N4O3. The monoisotopic (exact) mass is 366 g/mol. The molecule has 1 fully saturated rings. The van der Waals surface area contributed by atoms with E-state index in [0.29, 0.717) is 17.8 Å². The van der Waals surface area contributed by atoms with E-state index < -0.39 is 4.92 Å². The van der Waals surface area contributed by atoms with Gasteiger partial charge in [-0.05, 0) is 24.1 Å². The molecule has 140 valence electrons. The number of rotatable bonds is 6. The lowest BCUT2D eigenvalue weighted by atomic mass is 10.1. The summed E-state index contributed by atoms with van der Waals surface area (Å²) in [5, 5.41) is 23.5. The molecule has 27 heavy (non-hydrogen) atoms. The lowest BCUT2D eigenvalue weighted by Gasteiger charge is -2.26. The van der Waals surface area contributed by atoms with E-state index in [1.165, 1.54) is 11.6 Å². The van der Waals surface area contributed by atoms with Gasteiger partial charge in [0.25, 0.3) is 5.69 Å². The summed E-state index contributed by atoms with van der Waals surface area (Å²) < 4.78 is 5.37. The van der Waals surface area contributed by atoms with Crippen molar-refractivity contribution in [2.75, 3.05) is 31.6 Å². The molecule has 0 bridgehead atoms. The van der Waals surface area contributed by atoms with E-state index in [0.717, 1.165) is 38.4 Å². The Hall–Kier alpha value is -2.95. The van der Waals surface area contributed by atoms with Crippen molar-refractivity contribution < 1.29 is 9.66 Å². The summed E-state index contributed by atoms with van der Waals surface area (Å²) in [6.45, 7) is 6.61. The number of benzene rings is 2. The molecule has 0 saturated carbocycles. The zero-order valence-electron chi connectivity index (χ0n) is 15.3. The number of anilines is 1. The number of hydrogen-bond acceptors (Lipinski definition) is 6. The number of ether oxygens (including phenoxy) is 1. The maximum Gasteiger partial charge on any atom is 0.275 e. The first-order chi connectivity index (χ1) is 13.1. The van der Waals surface area contributed by atoms with Crippen LogP contribution >= 0.6 is 0 Å². The van der Waals surface area contributed by atoms with Gasteiger partial charge in [-0.3, -0.25) is 15.0 Å². The van der Waals surface area contributed by atoms with Crippen molar-refractivity contribution in [3.8, 4) is 6.07 Å². The molecule has 1 heterocycles. The normalized spacial score (nSPS) is 14.5. The second-order valence-corrected chi connectivity index (χ2v) is 6.60. The van der Waals surface area contributed by atoms with Gasteiger partial charge in [-0.25, -0.2) is 0 Å². The van der Waals surface area contributed by atoms with Crippen LogP contribution in [0.2, 0.25) is 0 Å². The Labute approximate surface area is 158 Å². The van der Waals surface area contributed by atoms with E-state index in [-0.39, 0.29) is 11.3 Å². The van der Waals surface area contributed by atoms with Crippen molar-refractivity contribution in [1.82, 2.24) is 4.90 Å². The van der Waals surface area contributed by atoms with E-state index in [9.17, 15) is 10.1 Å². The zero-order valence-corrected chi connectivity index (χ0v) is 15.3. The third kappa shape index (κ3) is 4.82. The first-order valence-corrected chi connectivity index (χ1v) is 8.88. The molecular weight excluding hydrogens is 344 g/mol. The van der Waals surface area contributed by atoms with Crippen LogP contribution in [0.5, 0.6) is 0 Å². The zero-order chi connectivity index (χ0) is 19.2. The van der Waals surface area contributed by atoms with Crippen LogP contribution in [0, 0.1) is 28.4 Å². The van der Waals surface area contributed by atoms with Crippen molar-refractivity contribution in [2.24, 2.45) is 0 Å². The molecule has 0 spiro atoms. The molecule has 0 unspecified atom stereocenters. The SMILES string of the molecule is Cc1c(NCc2ccc(CN3CCOCC3)cc2)cc(C#N)cc1[N+](=O)[O-]. The average molecular weight is 366 g/mol. The highest BCUT2D eigenvalue weighted by Crippen LogP contribution is 2.28. The maximum absolute atomic E-state index is 11.2. The molecule has 3 rings (SSSR count). The van der Waals surface area contributed by atoms with Gasteiger partial charge in [-0.15, -0.1) is 0 Å². The van der Waals surface area contributed by atoms with E-state index in [2.05, 4.69) is 34.5 Å². The third-order valence-corrected chi connectivity index (χ3v) is 4.72. The molecule has 1 N–H and O–H groups in total. The van der Waals surface area contributed by atoms with Gasteiger partial charge in [0.1, 0.15) is 0 Å². The molecule has 2 aromatic rings. The van der Waals surface area contributed by atoms with Crippen molar-refractivity contribution in [2.45, 2.75) is 20.0 Å². The van der Waals surface area contributed by atoms with Gasteiger partial charge in [0.05, 0.1) is 29.8 Å². The Morgan fingerprint density at radius 3 is 2.52 bits per heavy atom. The highest BCUT2D eigenvalue weighted by molar-refractivity contribution is 5.64. The predicted octanol–water partition coefficient (Wildman–Crippen LogP) is 3.22. The topological polar surface area (TPSA) is 91.4 Å². The van der Waals surface area contributed by atoms with Crippen LogP contribution in [-0.4, -0.2) is 36.1 Å². The summed E-state index contributed by atoms with van der Waals surface area (Å²) in [6.07, 6.45) is 0. The van der Waals surface area contributed by atoms with E-state index in [1.807, 2.05) is 6.07 Å². The number of nitrogens with one attached hydrogen (secondary N) is 1. The summed E-state index contributed by atoms with van der Waals surface area (Å²) in [5.74, 6) is 0. The maximum atomic E-state index is 11.2. The number of nitriles is 1. The third-order valence-electron chi connectivity index (χ3n) is 4.72. The molecule has 0 radical (unpaired) electrons. The van der Waals surface area contributed by atoms with Crippen LogP contribution in [0.4, 0.5) is 11.4 Å². The fraction of sp³-hybridized carbons (Fsp3) is 0.350. The smallest absolute Gasteiger partial charge is 0.275 e. The van der Waals surface area contributed by atoms with Crippen molar-refractivity contribution in [3.63, 3.8) is 0 Å². The van der Waals surface area contributed by atoms with Gasteiger partial charge in [0.15, 0.2) is 0 Å². The number of nitro benzene ring substituents is 1. The van der Waals surface area contributed by atoms with Crippen LogP contribution in [0.25, 0.3) is 0 Å². The van der Waals surface area contributed by atoms with Gasteiger partial charge in [0.2, 0.25) is 0 Å². The first-order valence-electron chi connectivity index (χ1n) is 8.88. The lowest BCUT2D eigenvalue weighted by molar-refractivity contribution is -0.385. The Morgan fingerprint density at radius 2 is 1.89 bits per heavy atom. The highest BCUT2D eigenvalue weighted by Gasteiger charge is 2.16. The van der Waals surface area contributed by atoms with Crippen LogP contribution in [-0.2, 0) is 17.8 Å². The molecule has 1 aliphatic heterocycles. The number of nitro groups is 1. The minimum absolute atomic E-state index is 0.0441. The average Bonchev–Trinajstić information content (AvgIpc) is 2.69. The molecule has 0 aromatic heterocycles. The fourth-order valence-corrected chi connectivity index (χ4v) is 3.11. The van der Waals surface area contributed by atoms with E-state index in [1.54, 1.807) is 13.0 Å². The van der Waals surface area contributed by atoms with Gasteiger partial charge < -0.3 is 10.1 Å². The van der Waals surface area contributed by atoms with Gasteiger partial charge in [-0.1, -0.05) is 24.3 Å². The number of nitrogens with zero attached hydrogens (tertiary/aromatic N) is 3. The predicted molar refractivity (Wildman–Crippen MR) is 102 cm³/mol. The van der Waals surface area contributed by atoms with Crippen LogP contribution in [0.1, 0.15) is 22.3 Å². The van der Waals surface area contributed by atoms with Crippen molar-refractivity contribution in [3.05, 3.63) is 68.8 Å². The molecule has 2 aromatic carbocycles. The fourth-order valence-electron chi connectivity index (χ4n) is 3.11. The lowest BCUT2D eigenvalue weighted by Crippen LogP contribution is -2.35. The minimum Gasteiger partial charge on any atom is -0.381 e. The highest BCUT2D eigenvalue weighted by atomic mass is 16.6. The largest absolute Gasteiger partial charge is 0.381 e. The van der Waals surface area contributed by atoms with E-state index >= 15 is 0 Å². The summed E-state index contributed by atoms with van der Waals surface area (Å²) in [6, 6.07) is 13.3.